The molecule has 0 fully saturated rings. The summed E-state index contributed by atoms with van der Waals surface area (Å²) < 4.78 is 10.2. The quantitative estimate of drug-likeness (QED) is 0.176. The number of carboxylic acids is 1. The number of aromatic hydroxyl groups is 1. The lowest BCUT2D eigenvalue weighted by atomic mass is 9.90. The minimum absolute atomic E-state index is 0.0638. The molecule has 3 rings (SSSR count). The van der Waals surface area contributed by atoms with E-state index in [1.54, 1.807) is 0 Å². The normalized spacial score (nSPS) is 10.3. The Hall–Kier alpha value is -4.99. The van der Waals surface area contributed by atoms with Crippen LogP contribution in [0.25, 0.3) is 0 Å². The first-order valence-corrected chi connectivity index (χ1v) is 10.6. The minimum Gasteiger partial charge on any atom is -0.507 e. The van der Waals surface area contributed by atoms with Crippen molar-refractivity contribution in [2.45, 2.75) is 13.8 Å². The van der Waals surface area contributed by atoms with Gasteiger partial charge in [-0.2, -0.15) is 0 Å². The smallest absolute Gasteiger partial charge is 0.322 e. The van der Waals surface area contributed by atoms with E-state index in [-0.39, 0.29) is 33.9 Å². The SMILES string of the molecule is CC(=O)Oc1ccccc1C(=O)c1c(O)ccc(NCC(=O)O)c1C(=O)c1ccccc1OC(C)=O. The molecule has 184 valence electrons. The number of ether oxygens (including phenoxy) is 2. The summed E-state index contributed by atoms with van der Waals surface area (Å²) >= 11 is 0. The Morgan fingerprint density at radius 1 is 0.722 bits per heavy atom. The summed E-state index contributed by atoms with van der Waals surface area (Å²) in [4.78, 5) is 61.7. The Kier molecular flexibility index (Phi) is 7.80. The van der Waals surface area contributed by atoms with E-state index in [4.69, 9.17) is 14.6 Å². The van der Waals surface area contributed by atoms with Gasteiger partial charge >= 0.3 is 17.9 Å². The third-order valence-electron chi connectivity index (χ3n) is 4.84. The number of anilines is 1. The molecule has 0 bridgehead atoms. The van der Waals surface area contributed by atoms with Crippen molar-refractivity contribution in [2.24, 2.45) is 0 Å². The number of carbonyl (C=O) groups excluding carboxylic acids is 4. The molecule has 10 nitrogen and oxygen atoms in total. The van der Waals surface area contributed by atoms with Gasteiger partial charge in [0, 0.05) is 19.5 Å². The van der Waals surface area contributed by atoms with E-state index in [0.29, 0.717) is 0 Å². The Labute approximate surface area is 205 Å². The molecule has 0 aliphatic rings. The van der Waals surface area contributed by atoms with Gasteiger partial charge in [0.15, 0.2) is 5.78 Å². The average molecular weight is 491 g/mol. The number of benzene rings is 3. The molecule has 36 heavy (non-hydrogen) atoms. The topological polar surface area (TPSA) is 156 Å². The highest BCUT2D eigenvalue weighted by Crippen LogP contribution is 2.35. The number of hydrogen-bond acceptors (Lipinski definition) is 9. The van der Waals surface area contributed by atoms with Gasteiger partial charge in [-0.1, -0.05) is 24.3 Å². The molecular formula is C26H21NO9. The van der Waals surface area contributed by atoms with Crippen LogP contribution in [0.15, 0.2) is 60.7 Å². The molecule has 0 amide bonds. The molecule has 0 saturated heterocycles. The van der Waals surface area contributed by atoms with Crippen molar-refractivity contribution >= 4 is 35.2 Å². The number of rotatable bonds is 9. The second-order valence-electron chi connectivity index (χ2n) is 7.47. The number of ketones is 2. The zero-order chi connectivity index (χ0) is 26.4. The maximum absolute atomic E-state index is 13.8. The standard InChI is InChI=1S/C26H21NO9/c1-14(28)35-20-9-5-3-7-16(20)25(33)23-18(27-13-22(31)32)11-12-19(30)24(23)26(34)17-8-4-6-10-21(17)36-15(2)29/h3-12,27,30H,13H2,1-2H3,(H,31,32). The van der Waals surface area contributed by atoms with E-state index in [0.717, 1.165) is 19.9 Å². The van der Waals surface area contributed by atoms with Crippen LogP contribution in [0.4, 0.5) is 5.69 Å². The number of carbonyl (C=O) groups is 5. The lowest BCUT2D eigenvalue weighted by molar-refractivity contribution is -0.135. The van der Waals surface area contributed by atoms with Crippen molar-refractivity contribution in [3.63, 3.8) is 0 Å². The van der Waals surface area contributed by atoms with Crippen molar-refractivity contribution in [1.29, 1.82) is 0 Å². The van der Waals surface area contributed by atoms with Crippen molar-refractivity contribution in [2.75, 3.05) is 11.9 Å². The van der Waals surface area contributed by atoms with E-state index in [2.05, 4.69) is 5.32 Å². The largest absolute Gasteiger partial charge is 0.507 e. The van der Waals surface area contributed by atoms with Crippen LogP contribution in [-0.2, 0) is 14.4 Å². The number of carboxylic acid groups (broad SMARTS) is 1. The number of aliphatic carboxylic acids is 1. The van der Waals surface area contributed by atoms with Crippen molar-refractivity contribution in [3.8, 4) is 17.2 Å². The lowest BCUT2D eigenvalue weighted by Crippen LogP contribution is -2.19. The Morgan fingerprint density at radius 2 is 1.19 bits per heavy atom. The van der Waals surface area contributed by atoms with Crippen LogP contribution in [0, 0.1) is 0 Å². The zero-order valence-electron chi connectivity index (χ0n) is 19.2. The van der Waals surface area contributed by atoms with Gasteiger partial charge < -0.3 is 25.0 Å². The number of nitrogens with one attached hydrogen (secondary N) is 1. The van der Waals surface area contributed by atoms with E-state index >= 15 is 0 Å². The van der Waals surface area contributed by atoms with Crippen molar-refractivity contribution in [1.82, 2.24) is 0 Å². The monoisotopic (exact) mass is 491 g/mol. The van der Waals surface area contributed by atoms with Gasteiger partial charge in [-0.05, 0) is 36.4 Å². The molecule has 3 aromatic rings. The second kappa shape index (κ2) is 11.0. The van der Waals surface area contributed by atoms with Crippen LogP contribution >= 0.6 is 0 Å². The number of phenols is 1. The van der Waals surface area contributed by atoms with E-state index in [1.165, 1.54) is 54.6 Å². The predicted octanol–water partition coefficient (Wildman–Crippen LogP) is 3.20. The van der Waals surface area contributed by atoms with Crippen molar-refractivity contribution in [3.05, 3.63) is 82.9 Å². The first-order chi connectivity index (χ1) is 17.1. The summed E-state index contributed by atoms with van der Waals surface area (Å²) in [7, 11) is 0. The summed E-state index contributed by atoms with van der Waals surface area (Å²) in [6.07, 6.45) is 0. The molecule has 3 N–H and O–H groups in total. The van der Waals surface area contributed by atoms with Crippen LogP contribution in [0.1, 0.15) is 45.7 Å². The Balaban J connectivity index is 2.27. The number of esters is 2. The summed E-state index contributed by atoms with van der Waals surface area (Å²) in [5.41, 5.74) is -1.13. The molecule has 10 heteroatoms. The highest BCUT2D eigenvalue weighted by Gasteiger charge is 2.30. The molecule has 0 spiro atoms. The van der Waals surface area contributed by atoms with Gasteiger partial charge in [0.2, 0.25) is 5.78 Å². The van der Waals surface area contributed by atoms with Crippen molar-refractivity contribution < 1.29 is 43.7 Å². The predicted molar refractivity (Wildman–Crippen MR) is 127 cm³/mol. The second-order valence-corrected chi connectivity index (χ2v) is 7.47. The molecule has 0 aliphatic heterocycles. The molecule has 0 saturated carbocycles. The molecule has 3 aromatic carbocycles. The summed E-state index contributed by atoms with van der Waals surface area (Å²) in [5, 5.41) is 22.4. The fourth-order valence-electron chi connectivity index (χ4n) is 3.44. The van der Waals surface area contributed by atoms with Gasteiger partial charge in [-0.15, -0.1) is 0 Å². The first-order valence-electron chi connectivity index (χ1n) is 10.6. The fourth-order valence-corrected chi connectivity index (χ4v) is 3.44. The van der Waals surface area contributed by atoms with Crippen LogP contribution in [-0.4, -0.2) is 46.2 Å². The van der Waals surface area contributed by atoms with Crippen LogP contribution in [0.3, 0.4) is 0 Å². The van der Waals surface area contributed by atoms with E-state index < -0.39 is 47.3 Å². The highest BCUT2D eigenvalue weighted by atomic mass is 16.5. The Morgan fingerprint density at radius 3 is 1.67 bits per heavy atom. The van der Waals surface area contributed by atoms with Crippen LogP contribution in [0.2, 0.25) is 0 Å². The first kappa shape index (κ1) is 25.6. The molecule has 0 aromatic heterocycles. The number of phenolic OH excluding ortho intramolecular Hbond substituents is 1. The Bertz CT molecular complexity index is 1380. The van der Waals surface area contributed by atoms with E-state index in [9.17, 15) is 29.1 Å². The summed E-state index contributed by atoms with van der Waals surface area (Å²) in [6.45, 7) is 1.70. The summed E-state index contributed by atoms with van der Waals surface area (Å²) in [6, 6.07) is 13.9. The van der Waals surface area contributed by atoms with Gasteiger partial charge in [0.05, 0.1) is 22.3 Å². The van der Waals surface area contributed by atoms with Gasteiger partial charge in [0.1, 0.15) is 23.8 Å². The number of para-hydroxylation sites is 2. The average Bonchev–Trinajstić information content (AvgIpc) is 2.82. The molecule has 0 atom stereocenters. The zero-order valence-corrected chi connectivity index (χ0v) is 19.2. The fraction of sp³-hybridized carbons (Fsp3) is 0.115. The van der Waals surface area contributed by atoms with Crippen LogP contribution in [0.5, 0.6) is 17.2 Å². The number of hydrogen-bond donors (Lipinski definition) is 3. The molecule has 0 aliphatic carbocycles. The van der Waals surface area contributed by atoms with Crippen LogP contribution < -0.4 is 14.8 Å². The van der Waals surface area contributed by atoms with E-state index in [1.807, 2.05) is 0 Å². The molecule has 0 unspecified atom stereocenters. The lowest BCUT2D eigenvalue weighted by Gasteiger charge is -2.17. The minimum atomic E-state index is -1.24. The van der Waals surface area contributed by atoms with Gasteiger partial charge in [-0.25, -0.2) is 0 Å². The van der Waals surface area contributed by atoms with Gasteiger partial charge in [-0.3, -0.25) is 24.0 Å². The summed E-state index contributed by atoms with van der Waals surface area (Å²) in [5.74, 6) is -5.09. The molecular weight excluding hydrogens is 470 g/mol. The third-order valence-corrected chi connectivity index (χ3v) is 4.84. The maximum atomic E-state index is 13.8. The maximum Gasteiger partial charge on any atom is 0.322 e. The molecule has 0 radical (unpaired) electrons. The molecule has 0 heterocycles. The van der Waals surface area contributed by atoms with Gasteiger partial charge in [0.25, 0.3) is 0 Å². The third kappa shape index (κ3) is 5.73. The highest BCUT2D eigenvalue weighted by molar-refractivity contribution is 6.24.